The third-order valence-electron chi connectivity index (χ3n) is 3.29. The van der Waals surface area contributed by atoms with E-state index in [1.54, 1.807) is 11.8 Å². The van der Waals surface area contributed by atoms with E-state index in [2.05, 4.69) is 51.2 Å². The molecule has 0 aliphatic rings. The molecule has 0 heterocycles. The topological polar surface area (TPSA) is 49.3 Å². The van der Waals surface area contributed by atoms with Crippen LogP contribution in [-0.4, -0.2) is 29.4 Å². The van der Waals surface area contributed by atoms with Gasteiger partial charge in [0, 0.05) is 17.5 Å². The van der Waals surface area contributed by atoms with Crippen molar-refractivity contribution < 1.29 is 9.90 Å². The zero-order valence-corrected chi connectivity index (χ0v) is 13.6. The molecule has 0 saturated carbocycles. The summed E-state index contributed by atoms with van der Waals surface area (Å²) in [6.07, 6.45) is 0.609. The summed E-state index contributed by atoms with van der Waals surface area (Å²) in [4.78, 5) is 13.1. The monoisotopic (exact) mass is 295 g/mol. The zero-order valence-electron chi connectivity index (χ0n) is 12.8. The molecule has 1 rings (SSSR count). The van der Waals surface area contributed by atoms with Gasteiger partial charge in [0.1, 0.15) is 0 Å². The molecule has 0 aliphatic carbocycles. The molecule has 0 saturated heterocycles. The summed E-state index contributed by atoms with van der Waals surface area (Å²) in [6, 6.07) is 6.32. The van der Waals surface area contributed by atoms with E-state index in [9.17, 15) is 4.79 Å². The second kappa shape index (κ2) is 8.32. The fourth-order valence-corrected chi connectivity index (χ4v) is 2.90. The second-order valence-electron chi connectivity index (χ2n) is 5.49. The number of aliphatic hydroxyl groups is 1. The molecule has 2 N–H and O–H groups in total. The van der Waals surface area contributed by atoms with E-state index in [1.807, 2.05) is 0 Å². The summed E-state index contributed by atoms with van der Waals surface area (Å²) in [5.41, 5.74) is 2.41. The maximum absolute atomic E-state index is 12.0. The van der Waals surface area contributed by atoms with Crippen molar-refractivity contribution in [1.82, 2.24) is 5.32 Å². The average molecular weight is 295 g/mol. The van der Waals surface area contributed by atoms with Gasteiger partial charge in [-0.15, -0.1) is 11.8 Å². The fraction of sp³-hybridized carbons (Fsp3) is 0.562. The zero-order chi connectivity index (χ0) is 15.1. The van der Waals surface area contributed by atoms with E-state index in [0.29, 0.717) is 18.1 Å². The number of amides is 1. The largest absolute Gasteiger partial charge is 0.396 e. The van der Waals surface area contributed by atoms with Crippen molar-refractivity contribution in [1.29, 1.82) is 0 Å². The summed E-state index contributed by atoms with van der Waals surface area (Å²) in [7, 11) is 0. The first kappa shape index (κ1) is 17.1. The molecular formula is C16H25NO2S. The van der Waals surface area contributed by atoms with E-state index >= 15 is 0 Å². The van der Waals surface area contributed by atoms with Crippen LogP contribution in [0.5, 0.6) is 0 Å². The maximum Gasteiger partial charge on any atom is 0.230 e. The number of aliphatic hydroxyl groups excluding tert-OH is 1. The van der Waals surface area contributed by atoms with E-state index in [4.69, 9.17) is 5.11 Å². The number of aryl methyl sites for hydroxylation is 2. The molecule has 1 aromatic carbocycles. The van der Waals surface area contributed by atoms with Gasteiger partial charge < -0.3 is 10.4 Å². The molecule has 112 valence electrons. The van der Waals surface area contributed by atoms with Crippen LogP contribution in [0.15, 0.2) is 23.1 Å². The van der Waals surface area contributed by atoms with Gasteiger partial charge in [-0.25, -0.2) is 0 Å². The van der Waals surface area contributed by atoms with Crippen molar-refractivity contribution in [2.45, 2.75) is 45.1 Å². The van der Waals surface area contributed by atoms with Crippen LogP contribution in [0.1, 0.15) is 31.4 Å². The number of hydrogen-bond donors (Lipinski definition) is 2. The van der Waals surface area contributed by atoms with Crippen molar-refractivity contribution in [3.05, 3.63) is 29.3 Å². The Kier molecular flexibility index (Phi) is 7.10. The van der Waals surface area contributed by atoms with Crippen LogP contribution in [0.3, 0.4) is 0 Å². The first-order valence-corrected chi connectivity index (χ1v) is 8.03. The second-order valence-corrected chi connectivity index (χ2v) is 6.51. The summed E-state index contributed by atoms with van der Waals surface area (Å²) in [5, 5.41) is 12.0. The summed E-state index contributed by atoms with van der Waals surface area (Å²) < 4.78 is 0. The highest BCUT2D eigenvalue weighted by Gasteiger charge is 2.15. The molecule has 0 fully saturated rings. The molecule has 20 heavy (non-hydrogen) atoms. The first-order chi connectivity index (χ1) is 9.43. The predicted molar refractivity (Wildman–Crippen MR) is 85.1 cm³/mol. The highest BCUT2D eigenvalue weighted by molar-refractivity contribution is 8.00. The van der Waals surface area contributed by atoms with E-state index in [-0.39, 0.29) is 18.6 Å². The summed E-state index contributed by atoms with van der Waals surface area (Å²) in [5.74, 6) is 0.777. The van der Waals surface area contributed by atoms with Crippen LogP contribution in [0, 0.1) is 19.8 Å². The number of benzene rings is 1. The van der Waals surface area contributed by atoms with Crippen LogP contribution in [0.4, 0.5) is 0 Å². The third-order valence-corrected chi connectivity index (χ3v) is 4.45. The number of carbonyl (C=O) groups excluding carboxylic acids is 1. The fourth-order valence-electron chi connectivity index (χ4n) is 1.97. The Hall–Kier alpha value is -1.00. The van der Waals surface area contributed by atoms with Crippen LogP contribution in [-0.2, 0) is 4.79 Å². The van der Waals surface area contributed by atoms with Crippen molar-refractivity contribution in [3.8, 4) is 0 Å². The van der Waals surface area contributed by atoms with E-state index in [1.165, 1.54) is 11.1 Å². The van der Waals surface area contributed by atoms with Crippen molar-refractivity contribution in [2.24, 2.45) is 5.92 Å². The van der Waals surface area contributed by atoms with Gasteiger partial charge in [-0.3, -0.25) is 4.79 Å². The Bertz CT molecular complexity index is 446. The van der Waals surface area contributed by atoms with Crippen molar-refractivity contribution in [2.75, 3.05) is 12.4 Å². The molecule has 1 unspecified atom stereocenters. The molecule has 1 amide bonds. The standard InChI is InChI=1S/C16H25NO2S/c1-11(2)14(7-8-18)17-16(19)10-20-15-9-12(3)5-6-13(15)4/h5-6,9,11,14,18H,7-8,10H2,1-4H3,(H,17,19). The SMILES string of the molecule is Cc1ccc(C)c(SCC(=O)NC(CCO)C(C)C)c1. The quantitative estimate of drug-likeness (QED) is 0.760. The Morgan fingerprint density at radius 3 is 2.65 bits per heavy atom. The minimum Gasteiger partial charge on any atom is -0.396 e. The van der Waals surface area contributed by atoms with E-state index < -0.39 is 0 Å². The minimum absolute atomic E-state index is 0.0306. The number of carbonyl (C=O) groups is 1. The Morgan fingerprint density at radius 1 is 1.35 bits per heavy atom. The molecule has 0 aliphatic heterocycles. The van der Waals surface area contributed by atoms with Gasteiger partial charge in [-0.05, 0) is 37.8 Å². The van der Waals surface area contributed by atoms with Gasteiger partial charge in [0.15, 0.2) is 0 Å². The number of thioether (sulfide) groups is 1. The van der Waals surface area contributed by atoms with Crippen LogP contribution in [0.2, 0.25) is 0 Å². The van der Waals surface area contributed by atoms with Gasteiger partial charge in [-0.2, -0.15) is 0 Å². The molecule has 1 aromatic rings. The molecular weight excluding hydrogens is 270 g/mol. The lowest BCUT2D eigenvalue weighted by Gasteiger charge is -2.21. The molecule has 0 spiro atoms. The van der Waals surface area contributed by atoms with Crippen LogP contribution < -0.4 is 5.32 Å². The van der Waals surface area contributed by atoms with Gasteiger partial charge >= 0.3 is 0 Å². The van der Waals surface area contributed by atoms with E-state index in [0.717, 1.165) is 4.90 Å². The average Bonchev–Trinajstić information content (AvgIpc) is 2.39. The Balaban J connectivity index is 2.52. The lowest BCUT2D eigenvalue weighted by Crippen LogP contribution is -2.40. The predicted octanol–water partition coefficient (Wildman–Crippen LogP) is 2.92. The van der Waals surface area contributed by atoms with Crippen molar-refractivity contribution >= 4 is 17.7 Å². The highest BCUT2D eigenvalue weighted by Crippen LogP contribution is 2.23. The lowest BCUT2D eigenvalue weighted by atomic mass is 10.0. The van der Waals surface area contributed by atoms with Crippen LogP contribution in [0.25, 0.3) is 0 Å². The summed E-state index contributed by atoms with van der Waals surface area (Å²) >= 11 is 1.57. The van der Waals surface area contributed by atoms with Gasteiger partial charge in [0.2, 0.25) is 5.91 Å². The van der Waals surface area contributed by atoms with Crippen molar-refractivity contribution in [3.63, 3.8) is 0 Å². The smallest absolute Gasteiger partial charge is 0.230 e. The number of nitrogens with one attached hydrogen (secondary N) is 1. The maximum atomic E-state index is 12.0. The first-order valence-electron chi connectivity index (χ1n) is 7.04. The molecule has 4 heteroatoms. The molecule has 0 aromatic heterocycles. The Morgan fingerprint density at radius 2 is 2.05 bits per heavy atom. The van der Waals surface area contributed by atoms with Gasteiger partial charge in [-0.1, -0.05) is 31.5 Å². The third kappa shape index (κ3) is 5.55. The number of hydrogen-bond acceptors (Lipinski definition) is 3. The van der Waals surface area contributed by atoms with Gasteiger partial charge in [0.25, 0.3) is 0 Å². The number of rotatable bonds is 7. The minimum atomic E-state index is 0.0306. The lowest BCUT2D eigenvalue weighted by molar-refractivity contribution is -0.119. The van der Waals surface area contributed by atoms with Crippen LogP contribution >= 0.6 is 11.8 Å². The molecule has 3 nitrogen and oxygen atoms in total. The summed E-state index contributed by atoms with van der Waals surface area (Å²) in [6.45, 7) is 8.33. The molecule has 0 radical (unpaired) electrons. The molecule has 0 bridgehead atoms. The Labute approximate surface area is 126 Å². The normalized spacial score (nSPS) is 12.5. The molecule has 1 atom stereocenters. The van der Waals surface area contributed by atoms with Gasteiger partial charge in [0.05, 0.1) is 5.75 Å². The highest BCUT2D eigenvalue weighted by atomic mass is 32.2.